The van der Waals surface area contributed by atoms with Gasteiger partial charge in [-0.1, -0.05) is 34.8 Å². The summed E-state index contributed by atoms with van der Waals surface area (Å²) in [6, 6.07) is 14.1. The number of thioether (sulfide) groups is 1. The molecule has 0 atom stereocenters. The number of nitrogens with zero attached hydrogens (tertiary/aromatic N) is 2. The Hall–Kier alpha value is -2.45. The molecule has 8 heteroatoms. The van der Waals surface area contributed by atoms with Gasteiger partial charge in [-0.3, -0.25) is 4.79 Å². The number of aromatic nitrogens is 2. The van der Waals surface area contributed by atoms with Crippen LogP contribution in [-0.2, 0) is 9.53 Å². The van der Waals surface area contributed by atoms with Gasteiger partial charge in [0.05, 0.1) is 12.4 Å². The van der Waals surface area contributed by atoms with E-state index in [2.05, 4.69) is 14.9 Å². The van der Waals surface area contributed by atoms with E-state index in [1.165, 1.54) is 11.8 Å². The average molecular weight is 373 g/mol. The van der Waals surface area contributed by atoms with E-state index in [0.717, 1.165) is 27.2 Å². The number of anilines is 1. The second-order valence-electron chi connectivity index (χ2n) is 5.02. The van der Waals surface area contributed by atoms with Crippen molar-refractivity contribution in [1.82, 2.24) is 9.59 Å². The quantitative estimate of drug-likeness (QED) is 0.525. The summed E-state index contributed by atoms with van der Waals surface area (Å²) < 4.78 is 8.59. The fourth-order valence-corrected chi connectivity index (χ4v) is 3.49. The highest BCUT2D eigenvalue weighted by Gasteiger charge is 2.19. The third-order valence-electron chi connectivity index (χ3n) is 3.30. The Balaban J connectivity index is 1.61. The molecule has 1 N–H and O–H groups in total. The maximum Gasteiger partial charge on any atom is 0.362 e. The Labute approximate surface area is 152 Å². The van der Waals surface area contributed by atoms with Gasteiger partial charge in [0.2, 0.25) is 11.6 Å². The lowest BCUT2D eigenvalue weighted by Crippen LogP contribution is -2.16. The topological polar surface area (TPSA) is 81.2 Å². The number of hydrogen-bond acceptors (Lipinski definition) is 7. The molecule has 0 spiro atoms. The van der Waals surface area contributed by atoms with E-state index >= 15 is 0 Å². The summed E-state index contributed by atoms with van der Waals surface area (Å²) in [5, 5.41) is 8.98. The lowest BCUT2D eigenvalue weighted by Gasteiger charge is -2.05. The minimum absolute atomic E-state index is 0.0379. The highest BCUT2D eigenvalue weighted by Crippen LogP contribution is 2.24. The van der Waals surface area contributed by atoms with Crippen LogP contribution >= 0.6 is 23.3 Å². The van der Waals surface area contributed by atoms with Crippen molar-refractivity contribution in [2.75, 3.05) is 17.7 Å². The maximum absolute atomic E-state index is 12.1. The second kappa shape index (κ2) is 8.09. The molecule has 0 aliphatic carbocycles. The van der Waals surface area contributed by atoms with Crippen LogP contribution in [0.2, 0.25) is 0 Å². The minimum Gasteiger partial charge on any atom is -0.461 e. The van der Waals surface area contributed by atoms with E-state index in [1.54, 1.807) is 6.92 Å². The molecule has 0 bridgehead atoms. The SMILES string of the molecule is CCOC(=O)c1nnsc1NC(=O)CSc1ccc2ccccc2c1. The van der Waals surface area contributed by atoms with Gasteiger partial charge in [-0.25, -0.2) is 4.79 Å². The van der Waals surface area contributed by atoms with Crippen molar-refractivity contribution < 1.29 is 14.3 Å². The standard InChI is InChI=1S/C17H15N3O3S2/c1-2-23-17(22)15-16(25-20-19-15)18-14(21)10-24-13-8-7-11-5-3-4-6-12(11)9-13/h3-9H,2,10H2,1H3,(H,18,21). The van der Waals surface area contributed by atoms with Gasteiger partial charge in [-0.05, 0) is 29.8 Å². The largest absolute Gasteiger partial charge is 0.461 e. The summed E-state index contributed by atoms with van der Waals surface area (Å²) in [4.78, 5) is 24.9. The van der Waals surface area contributed by atoms with Crippen LogP contribution in [0.15, 0.2) is 47.4 Å². The summed E-state index contributed by atoms with van der Waals surface area (Å²) in [5.41, 5.74) is 0.0379. The highest BCUT2D eigenvalue weighted by molar-refractivity contribution is 8.00. The number of rotatable bonds is 6. The Morgan fingerprint density at radius 2 is 2.00 bits per heavy atom. The molecule has 2 aromatic carbocycles. The molecule has 3 rings (SSSR count). The smallest absolute Gasteiger partial charge is 0.362 e. The molecule has 128 valence electrons. The molecule has 1 heterocycles. The molecule has 0 radical (unpaired) electrons. The van der Waals surface area contributed by atoms with Crippen LogP contribution in [0.4, 0.5) is 5.00 Å². The third kappa shape index (κ3) is 4.34. The fraction of sp³-hybridized carbons (Fsp3) is 0.176. The van der Waals surface area contributed by atoms with Crippen LogP contribution in [0.1, 0.15) is 17.4 Å². The molecule has 1 amide bonds. The zero-order chi connectivity index (χ0) is 17.6. The van der Waals surface area contributed by atoms with Gasteiger partial charge in [-0.15, -0.1) is 16.9 Å². The average Bonchev–Trinajstić information content (AvgIpc) is 3.08. The van der Waals surface area contributed by atoms with Gasteiger partial charge in [0, 0.05) is 16.4 Å². The van der Waals surface area contributed by atoms with E-state index in [0.29, 0.717) is 5.00 Å². The zero-order valence-corrected chi connectivity index (χ0v) is 15.0. The van der Waals surface area contributed by atoms with Crippen LogP contribution in [0.5, 0.6) is 0 Å². The van der Waals surface area contributed by atoms with Gasteiger partial charge < -0.3 is 10.1 Å². The maximum atomic E-state index is 12.1. The van der Waals surface area contributed by atoms with Crippen molar-refractivity contribution in [1.29, 1.82) is 0 Å². The molecule has 0 saturated carbocycles. The Bertz CT molecular complexity index is 911. The third-order valence-corrected chi connectivity index (χ3v) is 4.94. The van der Waals surface area contributed by atoms with E-state index in [4.69, 9.17) is 4.74 Å². The summed E-state index contributed by atoms with van der Waals surface area (Å²) in [6.07, 6.45) is 0. The molecule has 3 aromatic rings. The van der Waals surface area contributed by atoms with Crippen molar-refractivity contribution >= 4 is 50.9 Å². The summed E-state index contributed by atoms with van der Waals surface area (Å²) in [7, 11) is 0. The van der Waals surface area contributed by atoms with E-state index < -0.39 is 5.97 Å². The molecule has 0 fully saturated rings. The molecule has 25 heavy (non-hydrogen) atoms. The first kappa shape index (κ1) is 17.4. The van der Waals surface area contributed by atoms with Gasteiger partial charge in [0.15, 0.2) is 5.00 Å². The number of esters is 1. The molecule has 6 nitrogen and oxygen atoms in total. The zero-order valence-electron chi connectivity index (χ0n) is 13.4. The van der Waals surface area contributed by atoms with Crippen LogP contribution in [0, 0.1) is 0 Å². The highest BCUT2D eigenvalue weighted by atomic mass is 32.2. The van der Waals surface area contributed by atoms with E-state index in [9.17, 15) is 9.59 Å². The number of fused-ring (bicyclic) bond motifs is 1. The first-order chi connectivity index (χ1) is 12.2. The van der Waals surface area contributed by atoms with Crippen molar-refractivity contribution in [3.05, 3.63) is 48.2 Å². The van der Waals surface area contributed by atoms with Crippen molar-refractivity contribution in [3.63, 3.8) is 0 Å². The molecule has 0 aliphatic heterocycles. The van der Waals surface area contributed by atoms with E-state index in [-0.39, 0.29) is 24.0 Å². The monoisotopic (exact) mass is 373 g/mol. The first-order valence-electron chi connectivity index (χ1n) is 7.58. The predicted molar refractivity (Wildman–Crippen MR) is 99.2 cm³/mol. The van der Waals surface area contributed by atoms with Gasteiger partial charge >= 0.3 is 5.97 Å². The second-order valence-corrected chi connectivity index (χ2v) is 6.82. The van der Waals surface area contributed by atoms with Crippen LogP contribution in [0.25, 0.3) is 10.8 Å². The van der Waals surface area contributed by atoms with Crippen LogP contribution in [0.3, 0.4) is 0 Å². The van der Waals surface area contributed by atoms with Gasteiger partial charge in [0.25, 0.3) is 0 Å². The van der Waals surface area contributed by atoms with Crippen molar-refractivity contribution in [3.8, 4) is 0 Å². The summed E-state index contributed by atoms with van der Waals surface area (Å²) in [5.74, 6) is -0.595. The van der Waals surface area contributed by atoms with Gasteiger partial charge in [-0.2, -0.15) is 0 Å². The molecular weight excluding hydrogens is 358 g/mol. The Morgan fingerprint density at radius 3 is 2.80 bits per heavy atom. The number of carbonyl (C=O) groups is 2. The van der Waals surface area contributed by atoms with Crippen LogP contribution in [-0.4, -0.2) is 33.8 Å². The number of carbonyl (C=O) groups excluding carboxylic acids is 2. The Morgan fingerprint density at radius 1 is 1.20 bits per heavy atom. The minimum atomic E-state index is -0.589. The number of nitrogens with one attached hydrogen (secondary N) is 1. The molecule has 1 aromatic heterocycles. The number of amides is 1. The number of ether oxygens (including phenoxy) is 1. The fourth-order valence-electron chi connectivity index (χ4n) is 2.17. The number of hydrogen-bond donors (Lipinski definition) is 1. The van der Waals surface area contributed by atoms with Crippen LogP contribution < -0.4 is 5.32 Å². The molecule has 0 saturated heterocycles. The molecule has 0 aliphatic rings. The Kier molecular flexibility index (Phi) is 5.62. The summed E-state index contributed by atoms with van der Waals surface area (Å²) in [6.45, 7) is 1.94. The number of benzene rings is 2. The van der Waals surface area contributed by atoms with Crippen molar-refractivity contribution in [2.24, 2.45) is 0 Å². The first-order valence-corrected chi connectivity index (χ1v) is 9.34. The normalized spacial score (nSPS) is 10.6. The van der Waals surface area contributed by atoms with Gasteiger partial charge in [0.1, 0.15) is 0 Å². The lowest BCUT2D eigenvalue weighted by molar-refractivity contribution is -0.113. The summed E-state index contributed by atoms with van der Waals surface area (Å²) >= 11 is 2.38. The van der Waals surface area contributed by atoms with Crippen molar-refractivity contribution in [2.45, 2.75) is 11.8 Å². The van der Waals surface area contributed by atoms with E-state index in [1.807, 2.05) is 42.5 Å². The molecule has 0 unspecified atom stereocenters. The lowest BCUT2D eigenvalue weighted by atomic mass is 10.1. The molecular formula is C17H15N3O3S2. The predicted octanol–water partition coefficient (Wildman–Crippen LogP) is 3.60.